The number of aromatic nitrogens is 4. The summed E-state index contributed by atoms with van der Waals surface area (Å²) in [4.78, 5) is 9.46. The summed E-state index contributed by atoms with van der Waals surface area (Å²) in [6.07, 6.45) is 3.66. The molecular weight excluding hydrogens is 641 g/mol. The van der Waals surface area contributed by atoms with Gasteiger partial charge in [0.2, 0.25) is 0 Å². The van der Waals surface area contributed by atoms with Crippen molar-refractivity contribution >= 4 is 108 Å². The topological polar surface area (TPSA) is 35.6 Å². The Morgan fingerprint density at radius 2 is 0.961 bits per heavy atom. The molecule has 4 heterocycles. The molecule has 0 N–H and O–H groups in total. The van der Waals surface area contributed by atoms with E-state index in [1.54, 1.807) is 17.7 Å². The van der Waals surface area contributed by atoms with Crippen molar-refractivity contribution in [2.24, 2.45) is 0 Å². The summed E-state index contributed by atoms with van der Waals surface area (Å²) < 4.78 is 7.25. The van der Waals surface area contributed by atoms with Crippen molar-refractivity contribution in [2.45, 2.75) is 0 Å². The van der Waals surface area contributed by atoms with Crippen LogP contribution in [0.3, 0.4) is 0 Å². The summed E-state index contributed by atoms with van der Waals surface area (Å²) >= 11 is 1.79. The lowest BCUT2D eigenvalue weighted by atomic mass is 9.94. The number of hydrogen-bond acceptors (Lipinski definition) is 3. The minimum absolute atomic E-state index is 0.990. The molecule has 4 aromatic heterocycles. The van der Waals surface area contributed by atoms with Crippen LogP contribution in [0.1, 0.15) is 0 Å². The van der Waals surface area contributed by atoms with Crippen molar-refractivity contribution in [3.8, 4) is 11.4 Å². The van der Waals surface area contributed by atoms with Crippen molar-refractivity contribution in [3.05, 3.63) is 158 Å². The van der Waals surface area contributed by atoms with Crippen LogP contribution in [0.15, 0.2) is 158 Å². The van der Waals surface area contributed by atoms with Gasteiger partial charge in [0.15, 0.2) is 0 Å². The van der Waals surface area contributed by atoms with Gasteiger partial charge in [0.05, 0.1) is 37.0 Å². The van der Waals surface area contributed by atoms with Gasteiger partial charge >= 0.3 is 0 Å². The van der Waals surface area contributed by atoms with E-state index < -0.39 is 0 Å². The Bertz CT molecular complexity index is 3390. The van der Waals surface area contributed by atoms with Gasteiger partial charge in [-0.15, -0.1) is 11.3 Å². The Hall–Kier alpha value is -6.56. The highest BCUT2D eigenvalue weighted by molar-refractivity contribution is 7.26. The predicted molar refractivity (Wildman–Crippen MR) is 216 cm³/mol. The van der Waals surface area contributed by atoms with Gasteiger partial charge in [0.1, 0.15) is 6.33 Å². The monoisotopic (exact) mass is 666 g/mol. The largest absolute Gasteiger partial charge is 0.308 e. The lowest BCUT2D eigenvalue weighted by Crippen LogP contribution is -1.96. The second-order valence-electron chi connectivity index (χ2n) is 13.4. The molecule has 236 valence electrons. The highest BCUT2D eigenvalue weighted by atomic mass is 32.1. The molecule has 0 radical (unpaired) electrons. The molecule has 8 aromatic carbocycles. The summed E-state index contributed by atoms with van der Waals surface area (Å²) in [5.74, 6) is 0. The Balaban J connectivity index is 1.34. The number of fused-ring (bicyclic) bond motifs is 18. The first-order chi connectivity index (χ1) is 25.3. The minimum atomic E-state index is 0.990. The van der Waals surface area contributed by atoms with Crippen molar-refractivity contribution in [3.63, 3.8) is 0 Å². The molecule has 0 aliphatic carbocycles. The lowest BCUT2D eigenvalue weighted by Gasteiger charge is -2.14. The maximum Gasteiger partial charge on any atom is 0.116 e. The second-order valence-corrected chi connectivity index (χ2v) is 14.4. The van der Waals surface area contributed by atoms with E-state index in [0.717, 1.165) is 21.6 Å². The fourth-order valence-electron chi connectivity index (χ4n) is 8.82. The van der Waals surface area contributed by atoms with Crippen LogP contribution in [0.25, 0.3) is 108 Å². The maximum absolute atomic E-state index is 4.97. The molecule has 12 aromatic rings. The van der Waals surface area contributed by atoms with Gasteiger partial charge in [-0.2, -0.15) is 0 Å². The van der Waals surface area contributed by atoms with Crippen LogP contribution in [0, 0.1) is 0 Å². The van der Waals surface area contributed by atoms with E-state index >= 15 is 0 Å². The van der Waals surface area contributed by atoms with E-state index in [2.05, 4.69) is 160 Å². The van der Waals surface area contributed by atoms with Crippen LogP contribution < -0.4 is 0 Å². The number of rotatable bonds is 2. The highest BCUT2D eigenvalue weighted by Crippen LogP contribution is 2.51. The zero-order chi connectivity index (χ0) is 33.2. The Labute approximate surface area is 295 Å². The molecule has 0 aliphatic rings. The number of thiophene rings is 1. The van der Waals surface area contributed by atoms with Gasteiger partial charge in [0.25, 0.3) is 0 Å². The molecular formula is C46H26N4S. The summed E-state index contributed by atoms with van der Waals surface area (Å²) in [5.41, 5.74) is 8.04. The Morgan fingerprint density at radius 1 is 0.431 bits per heavy atom. The zero-order valence-corrected chi connectivity index (χ0v) is 28.0. The third-order valence-corrected chi connectivity index (χ3v) is 11.9. The highest BCUT2D eigenvalue weighted by Gasteiger charge is 2.27. The number of nitrogens with zero attached hydrogens (tertiary/aromatic N) is 4. The normalized spacial score (nSPS) is 12.3. The van der Waals surface area contributed by atoms with Gasteiger partial charge in [-0.3, -0.25) is 0 Å². The fourth-order valence-corrected chi connectivity index (χ4v) is 9.99. The van der Waals surface area contributed by atoms with E-state index in [-0.39, 0.29) is 0 Å². The number of para-hydroxylation sites is 3. The minimum Gasteiger partial charge on any atom is -0.308 e. The van der Waals surface area contributed by atoms with Crippen LogP contribution in [0.4, 0.5) is 0 Å². The summed E-state index contributed by atoms with van der Waals surface area (Å²) in [7, 11) is 0. The summed E-state index contributed by atoms with van der Waals surface area (Å²) in [6.45, 7) is 0. The predicted octanol–water partition coefficient (Wildman–Crippen LogP) is 12.5. The van der Waals surface area contributed by atoms with Crippen LogP contribution in [-0.4, -0.2) is 19.1 Å². The van der Waals surface area contributed by atoms with Crippen LogP contribution in [0.5, 0.6) is 0 Å². The van der Waals surface area contributed by atoms with Crippen molar-refractivity contribution in [2.75, 3.05) is 0 Å². The second kappa shape index (κ2) is 10.0. The van der Waals surface area contributed by atoms with E-state index in [1.165, 1.54) is 86.0 Å². The van der Waals surface area contributed by atoms with Crippen LogP contribution in [-0.2, 0) is 0 Å². The molecule has 0 fully saturated rings. The SMILES string of the molecule is c1ccc(-n2c3ccccc3c3c4c5ccccc5n(-c5ccc6c7ccccc7c7ccccc7c6c5)c4c4sc5cncnc5c4c32)cc1. The molecule has 5 heteroatoms. The Morgan fingerprint density at radius 3 is 1.63 bits per heavy atom. The molecule has 51 heavy (non-hydrogen) atoms. The molecule has 0 bridgehead atoms. The fraction of sp³-hybridized carbons (Fsp3) is 0. The molecule has 0 saturated carbocycles. The molecule has 0 amide bonds. The molecule has 0 aliphatic heterocycles. The smallest absolute Gasteiger partial charge is 0.116 e. The van der Waals surface area contributed by atoms with Gasteiger partial charge in [-0.25, -0.2) is 9.97 Å². The lowest BCUT2D eigenvalue weighted by molar-refractivity contribution is 1.18. The zero-order valence-electron chi connectivity index (χ0n) is 27.2. The summed E-state index contributed by atoms with van der Waals surface area (Å²) in [6, 6.07) is 53.2. The van der Waals surface area contributed by atoms with Gasteiger partial charge in [-0.1, -0.05) is 109 Å². The van der Waals surface area contributed by atoms with E-state index in [0.29, 0.717) is 0 Å². The Kier molecular flexibility index (Phi) is 5.35. The van der Waals surface area contributed by atoms with Gasteiger partial charge in [0, 0.05) is 44.5 Å². The first-order valence-electron chi connectivity index (χ1n) is 17.2. The van der Waals surface area contributed by atoms with Crippen LogP contribution in [0.2, 0.25) is 0 Å². The summed E-state index contributed by atoms with van der Waals surface area (Å²) in [5, 5.41) is 13.8. The quantitative estimate of drug-likeness (QED) is 0.172. The first-order valence-corrected chi connectivity index (χ1v) is 18.1. The molecule has 12 rings (SSSR count). The van der Waals surface area contributed by atoms with E-state index in [4.69, 9.17) is 4.98 Å². The maximum atomic E-state index is 4.97. The molecule has 0 atom stereocenters. The number of hydrogen-bond donors (Lipinski definition) is 0. The molecule has 0 spiro atoms. The average molecular weight is 667 g/mol. The average Bonchev–Trinajstić information content (AvgIpc) is 3.86. The third-order valence-electron chi connectivity index (χ3n) is 10.8. The van der Waals surface area contributed by atoms with Gasteiger partial charge in [-0.05, 0) is 68.7 Å². The molecule has 0 saturated heterocycles. The van der Waals surface area contributed by atoms with Crippen molar-refractivity contribution < 1.29 is 0 Å². The van der Waals surface area contributed by atoms with Gasteiger partial charge < -0.3 is 9.13 Å². The third kappa shape index (κ3) is 3.53. The number of benzene rings is 8. The van der Waals surface area contributed by atoms with E-state index in [1.807, 2.05) is 6.20 Å². The first kappa shape index (κ1) is 27.3. The van der Waals surface area contributed by atoms with Crippen molar-refractivity contribution in [1.82, 2.24) is 19.1 Å². The van der Waals surface area contributed by atoms with Crippen LogP contribution >= 0.6 is 11.3 Å². The van der Waals surface area contributed by atoms with Crippen molar-refractivity contribution in [1.29, 1.82) is 0 Å². The molecule has 4 nitrogen and oxygen atoms in total. The standard InChI is InChI=1S/C46H26N4S/c1-2-12-27(13-3-1)49-37-20-10-8-18-34(37)40-41-35-19-9-11-21-38(35)50(45(41)46-42(44(40)49)43-39(51-46)25-47-26-48-43)28-22-23-33-31-16-5-4-14-29(31)30-15-6-7-17-32(30)36(33)24-28/h1-26H. The molecule has 0 unspecified atom stereocenters. The van der Waals surface area contributed by atoms with E-state index in [9.17, 15) is 0 Å².